The molecule has 0 saturated heterocycles. The van der Waals surface area contributed by atoms with Gasteiger partial charge < -0.3 is 20.1 Å². The standard InChI is InChI=1S/C22H26N2O2.CH2O2/c1-15-5-4-6-19-20(15)13-21(23-22(19)26)18-9-7-17(8-10-18)14-24(3)12-11-16(2)25;2-1-3/h4-10,13,16,25H,11-12,14H2,1-3H3,(H,23,26);1H,(H,2,3). The molecule has 1 atom stereocenters. The number of aromatic amines is 1. The van der Waals surface area contributed by atoms with Gasteiger partial charge in [-0.2, -0.15) is 0 Å². The smallest absolute Gasteiger partial charge is 0.290 e. The molecule has 6 heteroatoms. The number of hydrogen-bond donors (Lipinski definition) is 3. The van der Waals surface area contributed by atoms with Crippen molar-refractivity contribution in [2.75, 3.05) is 13.6 Å². The highest BCUT2D eigenvalue weighted by Gasteiger charge is 2.07. The fraction of sp³-hybridized carbons (Fsp3) is 0.304. The van der Waals surface area contributed by atoms with Crippen LogP contribution in [0.3, 0.4) is 0 Å². The van der Waals surface area contributed by atoms with Crippen molar-refractivity contribution in [2.45, 2.75) is 32.9 Å². The summed E-state index contributed by atoms with van der Waals surface area (Å²) in [7, 11) is 2.06. The van der Waals surface area contributed by atoms with E-state index in [-0.39, 0.29) is 18.1 Å². The molecule has 3 aromatic rings. The van der Waals surface area contributed by atoms with Gasteiger partial charge in [0, 0.05) is 24.2 Å². The second-order valence-electron chi connectivity index (χ2n) is 7.23. The van der Waals surface area contributed by atoms with Gasteiger partial charge in [0.25, 0.3) is 12.0 Å². The lowest BCUT2D eigenvalue weighted by atomic mass is 10.0. The third-order valence-corrected chi connectivity index (χ3v) is 4.75. The van der Waals surface area contributed by atoms with E-state index in [1.54, 1.807) is 0 Å². The minimum absolute atomic E-state index is 0.0527. The van der Waals surface area contributed by atoms with E-state index < -0.39 is 0 Å². The number of fused-ring (bicyclic) bond motifs is 1. The van der Waals surface area contributed by atoms with E-state index in [9.17, 15) is 9.90 Å². The lowest BCUT2D eigenvalue weighted by Crippen LogP contribution is -2.22. The fourth-order valence-corrected chi connectivity index (χ4v) is 3.18. The van der Waals surface area contributed by atoms with E-state index in [2.05, 4.69) is 35.1 Å². The molecule has 0 bridgehead atoms. The zero-order valence-corrected chi connectivity index (χ0v) is 17.1. The van der Waals surface area contributed by atoms with Crippen molar-refractivity contribution >= 4 is 17.2 Å². The Labute approximate surface area is 170 Å². The summed E-state index contributed by atoms with van der Waals surface area (Å²) >= 11 is 0. The Kier molecular flexibility index (Phi) is 8.12. The van der Waals surface area contributed by atoms with Gasteiger partial charge in [0.1, 0.15) is 0 Å². The Morgan fingerprint density at radius 1 is 1.14 bits per heavy atom. The number of nitrogens with zero attached hydrogens (tertiary/aromatic N) is 1. The lowest BCUT2D eigenvalue weighted by molar-refractivity contribution is -0.122. The summed E-state index contributed by atoms with van der Waals surface area (Å²) in [4.78, 5) is 25.9. The fourth-order valence-electron chi connectivity index (χ4n) is 3.18. The zero-order valence-electron chi connectivity index (χ0n) is 17.1. The van der Waals surface area contributed by atoms with Gasteiger partial charge in [-0.25, -0.2) is 0 Å². The average Bonchev–Trinajstić information content (AvgIpc) is 2.68. The van der Waals surface area contributed by atoms with Crippen LogP contribution in [0.15, 0.2) is 53.3 Å². The van der Waals surface area contributed by atoms with Gasteiger partial charge in [-0.1, -0.05) is 36.4 Å². The first-order chi connectivity index (χ1) is 13.8. The maximum atomic E-state index is 12.4. The number of aliphatic hydroxyl groups is 1. The van der Waals surface area contributed by atoms with Crippen molar-refractivity contribution in [1.29, 1.82) is 0 Å². The highest BCUT2D eigenvalue weighted by Crippen LogP contribution is 2.22. The molecule has 3 rings (SSSR count). The molecule has 154 valence electrons. The molecule has 3 N–H and O–H groups in total. The molecule has 1 unspecified atom stereocenters. The highest BCUT2D eigenvalue weighted by molar-refractivity contribution is 5.87. The minimum atomic E-state index is -0.270. The van der Waals surface area contributed by atoms with Gasteiger partial charge >= 0.3 is 0 Å². The third kappa shape index (κ3) is 6.27. The van der Waals surface area contributed by atoms with Crippen molar-refractivity contribution in [3.05, 3.63) is 70.0 Å². The zero-order chi connectivity index (χ0) is 21.4. The summed E-state index contributed by atoms with van der Waals surface area (Å²) in [5.74, 6) is 0. The van der Waals surface area contributed by atoms with E-state index in [4.69, 9.17) is 9.90 Å². The molecule has 0 aliphatic rings. The van der Waals surface area contributed by atoms with Crippen LogP contribution in [-0.2, 0) is 11.3 Å². The van der Waals surface area contributed by atoms with E-state index in [1.807, 2.05) is 44.2 Å². The number of hydrogen-bond acceptors (Lipinski definition) is 4. The Balaban J connectivity index is 0.000000941. The number of aliphatic hydroxyl groups excluding tert-OH is 1. The Hall–Kier alpha value is -2.96. The molecule has 0 radical (unpaired) electrons. The molecule has 0 saturated carbocycles. The number of carbonyl (C=O) groups is 1. The number of pyridine rings is 1. The molecule has 0 aliphatic heterocycles. The van der Waals surface area contributed by atoms with Gasteiger partial charge in [-0.05, 0) is 61.5 Å². The number of aryl methyl sites for hydroxylation is 1. The van der Waals surface area contributed by atoms with Crippen molar-refractivity contribution < 1.29 is 15.0 Å². The summed E-state index contributed by atoms with van der Waals surface area (Å²) in [5, 5.41) is 18.0. The minimum Gasteiger partial charge on any atom is -0.483 e. The normalized spacial score (nSPS) is 11.8. The number of rotatable bonds is 6. The molecule has 1 aromatic heterocycles. The van der Waals surface area contributed by atoms with E-state index >= 15 is 0 Å². The molecular weight excluding hydrogens is 368 g/mol. The molecule has 1 heterocycles. The molecule has 6 nitrogen and oxygen atoms in total. The molecule has 0 fully saturated rings. The Morgan fingerprint density at radius 3 is 2.41 bits per heavy atom. The summed E-state index contributed by atoms with van der Waals surface area (Å²) in [6.07, 6.45) is 0.500. The number of carboxylic acid groups (broad SMARTS) is 1. The van der Waals surface area contributed by atoms with Crippen LogP contribution in [0.2, 0.25) is 0 Å². The summed E-state index contributed by atoms with van der Waals surface area (Å²) < 4.78 is 0. The highest BCUT2D eigenvalue weighted by atomic mass is 16.3. The van der Waals surface area contributed by atoms with Crippen LogP contribution in [0.4, 0.5) is 0 Å². The van der Waals surface area contributed by atoms with E-state index in [0.717, 1.165) is 47.1 Å². The maximum Gasteiger partial charge on any atom is 0.290 e. The van der Waals surface area contributed by atoms with Gasteiger partial charge in [-0.3, -0.25) is 9.59 Å². The van der Waals surface area contributed by atoms with Crippen molar-refractivity contribution in [3.63, 3.8) is 0 Å². The number of aromatic nitrogens is 1. The largest absolute Gasteiger partial charge is 0.483 e. The quantitative estimate of drug-likeness (QED) is 0.555. The molecule has 29 heavy (non-hydrogen) atoms. The molecule has 0 amide bonds. The van der Waals surface area contributed by atoms with Crippen LogP contribution in [-0.4, -0.2) is 46.3 Å². The first-order valence-electron chi connectivity index (χ1n) is 9.52. The molecule has 0 spiro atoms. The summed E-state index contributed by atoms with van der Waals surface area (Å²) in [6.45, 7) is 5.28. The second-order valence-corrected chi connectivity index (χ2v) is 7.23. The topological polar surface area (TPSA) is 93.6 Å². The Morgan fingerprint density at radius 2 is 1.79 bits per heavy atom. The van der Waals surface area contributed by atoms with Crippen LogP contribution < -0.4 is 5.56 Å². The third-order valence-electron chi connectivity index (χ3n) is 4.75. The van der Waals surface area contributed by atoms with Crippen molar-refractivity contribution in [1.82, 2.24) is 9.88 Å². The average molecular weight is 396 g/mol. The van der Waals surface area contributed by atoms with Gasteiger partial charge in [0.2, 0.25) is 0 Å². The number of H-pyrrole nitrogens is 1. The molecule has 2 aromatic carbocycles. The van der Waals surface area contributed by atoms with Crippen LogP contribution >= 0.6 is 0 Å². The van der Waals surface area contributed by atoms with Gasteiger partial charge in [0.15, 0.2) is 0 Å². The van der Waals surface area contributed by atoms with Gasteiger partial charge in [0.05, 0.1) is 6.10 Å². The van der Waals surface area contributed by atoms with Crippen LogP contribution in [0.5, 0.6) is 0 Å². The summed E-state index contributed by atoms with van der Waals surface area (Å²) in [5.41, 5.74) is 4.10. The molecule has 0 aliphatic carbocycles. The van der Waals surface area contributed by atoms with E-state index in [0.29, 0.717) is 0 Å². The van der Waals surface area contributed by atoms with Crippen LogP contribution in [0.1, 0.15) is 24.5 Å². The lowest BCUT2D eigenvalue weighted by Gasteiger charge is -2.17. The number of benzene rings is 2. The van der Waals surface area contributed by atoms with Crippen LogP contribution in [0, 0.1) is 6.92 Å². The Bertz CT molecular complexity index is 994. The first-order valence-corrected chi connectivity index (χ1v) is 9.52. The second kappa shape index (κ2) is 10.5. The van der Waals surface area contributed by atoms with Crippen molar-refractivity contribution in [3.8, 4) is 11.3 Å². The van der Waals surface area contributed by atoms with Crippen molar-refractivity contribution in [2.24, 2.45) is 0 Å². The monoisotopic (exact) mass is 396 g/mol. The molecular formula is C23H28N2O4. The predicted octanol–water partition coefficient (Wildman–Crippen LogP) is 3.41. The van der Waals surface area contributed by atoms with Gasteiger partial charge in [-0.15, -0.1) is 0 Å². The summed E-state index contributed by atoms with van der Waals surface area (Å²) in [6, 6.07) is 16.1. The van der Waals surface area contributed by atoms with Crippen LogP contribution in [0.25, 0.3) is 22.0 Å². The maximum absolute atomic E-state index is 12.4. The van der Waals surface area contributed by atoms with E-state index in [1.165, 1.54) is 5.56 Å². The number of nitrogens with one attached hydrogen (secondary N) is 1. The first kappa shape index (κ1) is 22.3. The predicted molar refractivity (Wildman–Crippen MR) is 116 cm³/mol. The SMILES string of the molecule is Cc1cccc2c(=O)[nH]c(-c3ccc(CN(C)CCC(C)O)cc3)cc12.O=CO.